The highest BCUT2D eigenvalue weighted by atomic mass is 16.5. The van der Waals surface area contributed by atoms with Gasteiger partial charge in [0.2, 0.25) is 0 Å². The fraction of sp³-hybridized carbons (Fsp3) is 0.333. The Morgan fingerprint density at radius 3 is 3.00 bits per heavy atom. The summed E-state index contributed by atoms with van der Waals surface area (Å²) in [5, 5.41) is 15.9. The molecule has 19 heavy (non-hydrogen) atoms. The van der Waals surface area contributed by atoms with Gasteiger partial charge in [0.25, 0.3) is 5.91 Å². The number of benzene rings is 1. The van der Waals surface area contributed by atoms with Crippen molar-refractivity contribution in [1.82, 2.24) is 25.9 Å². The summed E-state index contributed by atoms with van der Waals surface area (Å²) >= 11 is 0. The molecule has 7 heteroatoms. The number of carbonyl (C=O) groups excluding carboxylic acids is 1. The standard InChI is InChI=1S/C12H15N5O2/c1-8(2)19-10-5-3-4-9(6-10)12(18)13-7-11-14-16-17-15-11/h3-6,8H,7H2,1-2H3,(H,13,18)(H,14,15,16,17). The summed E-state index contributed by atoms with van der Waals surface area (Å²) in [7, 11) is 0. The van der Waals surface area contributed by atoms with Crippen LogP contribution in [-0.2, 0) is 6.54 Å². The summed E-state index contributed by atoms with van der Waals surface area (Å²) < 4.78 is 5.54. The molecule has 2 rings (SSSR count). The molecule has 0 saturated heterocycles. The number of ether oxygens (including phenoxy) is 1. The van der Waals surface area contributed by atoms with Gasteiger partial charge in [0.05, 0.1) is 12.6 Å². The Labute approximate surface area is 110 Å². The number of tetrazole rings is 1. The third-order valence-electron chi connectivity index (χ3n) is 2.26. The lowest BCUT2D eigenvalue weighted by molar-refractivity contribution is 0.0949. The smallest absolute Gasteiger partial charge is 0.251 e. The van der Waals surface area contributed by atoms with Gasteiger partial charge in [0.15, 0.2) is 5.82 Å². The van der Waals surface area contributed by atoms with Gasteiger partial charge in [-0.15, -0.1) is 10.2 Å². The maximum Gasteiger partial charge on any atom is 0.251 e. The van der Waals surface area contributed by atoms with Gasteiger partial charge in [-0.25, -0.2) is 0 Å². The Balaban J connectivity index is 1.98. The molecule has 7 nitrogen and oxygen atoms in total. The molecule has 0 aliphatic heterocycles. The van der Waals surface area contributed by atoms with Gasteiger partial charge < -0.3 is 10.1 Å². The normalized spacial score (nSPS) is 10.5. The number of nitrogens with zero attached hydrogens (tertiary/aromatic N) is 3. The summed E-state index contributed by atoms with van der Waals surface area (Å²) in [5.41, 5.74) is 0.529. The number of carbonyl (C=O) groups is 1. The van der Waals surface area contributed by atoms with Crippen LogP contribution < -0.4 is 10.1 Å². The van der Waals surface area contributed by atoms with E-state index in [0.717, 1.165) is 0 Å². The molecule has 1 amide bonds. The first-order chi connectivity index (χ1) is 9.15. The van der Waals surface area contributed by atoms with Gasteiger partial charge in [0.1, 0.15) is 5.75 Å². The van der Waals surface area contributed by atoms with E-state index in [2.05, 4.69) is 25.9 Å². The highest BCUT2D eigenvalue weighted by Crippen LogP contribution is 2.14. The van der Waals surface area contributed by atoms with E-state index in [-0.39, 0.29) is 18.6 Å². The van der Waals surface area contributed by atoms with Crippen LogP contribution >= 0.6 is 0 Å². The summed E-state index contributed by atoms with van der Waals surface area (Å²) in [6.45, 7) is 4.09. The average molecular weight is 261 g/mol. The number of hydrogen-bond donors (Lipinski definition) is 2. The third kappa shape index (κ3) is 3.77. The fourth-order valence-corrected chi connectivity index (χ4v) is 1.50. The summed E-state index contributed by atoms with van der Waals surface area (Å²) in [6, 6.07) is 7.02. The van der Waals surface area contributed by atoms with Crippen molar-refractivity contribution in [2.24, 2.45) is 0 Å². The quantitative estimate of drug-likeness (QED) is 0.834. The molecule has 1 aromatic heterocycles. The predicted molar refractivity (Wildman–Crippen MR) is 67.6 cm³/mol. The minimum absolute atomic E-state index is 0.0673. The molecule has 0 unspecified atom stereocenters. The van der Waals surface area contributed by atoms with Crippen LogP contribution in [0.2, 0.25) is 0 Å². The number of hydrogen-bond acceptors (Lipinski definition) is 5. The van der Waals surface area contributed by atoms with Crippen molar-refractivity contribution in [2.75, 3.05) is 0 Å². The molecule has 2 N–H and O–H groups in total. The molecule has 0 fully saturated rings. The zero-order chi connectivity index (χ0) is 13.7. The monoisotopic (exact) mass is 261 g/mol. The maximum atomic E-state index is 11.9. The topological polar surface area (TPSA) is 92.8 Å². The van der Waals surface area contributed by atoms with Crippen LogP contribution in [0.1, 0.15) is 30.0 Å². The molecule has 0 aliphatic carbocycles. The SMILES string of the molecule is CC(C)Oc1cccc(C(=O)NCc2nn[nH]n2)c1. The van der Waals surface area contributed by atoms with Crippen molar-refractivity contribution in [3.05, 3.63) is 35.7 Å². The first kappa shape index (κ1) is 13.0. The Morgan fingerprint density at radius 1 is 1.47 bits per heavy atom. The molecule has 0 saturated carbocycles. The van der Waals surface area contributed by atoms with E-state index in [0.29, 0.717) is 17.1 Å². The zero-order valence-electron chi connectivity index (χ0n) is 10.8. The zero-order valence-corrected chi connectivity index (χ0v) is 10.8. The Kier molecular flexibility index (Phi) is 4.07. The minimum atomic E-state index is -0.209. The van der Waals surface area contributed by atoms with Crippen LogP contribution in [0.25, 0.3) is 0 Å². The molecule has 2 aromatic rings. The first-order valence-electron chi connectivity index (χ1n) is 5.92. The summed E-state index contributed by atoms with van der Waals surface area (Å²) in [4.78, 5) is 11.9. The molecule has 0 spiro atoms. The number of aromatic amines is 1. The summed E-state index contributed by atoms with van der Waals surface area (Å²) in [6.07, 6.45) is 0.0673. The second-order valence-corrected chi connectivity index (χ2v) is 4.21. The van der Waals surface area contributed by atoms with Crippen molar-refractivity contribution < 1.29 is 9.53 Å². The van der Waals surface area contributed by atoms with E-state index >= 15 is 0 Å². The predicted octanol–water partition coefficient (Wildman–Crippen LogP) is 0.917. The second kappa shape index (κ2) is 5.94. The maximum absolute atomic E-state index is 11.9. The lowest BCUT2D eigenvalue weighted by Crippen LogP contribution is -2.23. The van der Waals surface area contributed by atoms with E-state index in [4.69, 9.17) is 4.74 Å². The molecular weight excluding hydrogens is 246 g/mol. The lowest BCUT2D eigenvalue weighted by Gasteiger charge is -2.10. The van der Waals surface area contributed by atoms with E-state index in [9.17, 15) is 4.79 Å². The number of rotatable bonds is 5. The van der Waals surface area contributed by atoms with Gasteiger partial charge in [-0.05, 0) is 32.0 Å². The largest absolute Gasteiger partial charge is 0.491 e. The number of aromatic nitrogens is 4. The van der Waals surface area contributed by atoms with E-state index in [1.165, 1.54) is 0 Å². The highest BCUT2D eigenvalue weighted by Gasteiger charge is 2.08. The van der Waals surface area contributed by atoms with Crippen LogP contribution in [0.15, 0.2) is 24.3 Å². The molecular formula is C12H15N5O2. The van der Waals surface area contributed by atoms with Crippen LogP contribution in [-0.4, -0.2) is 32.6 Å². The number of amides is 1. The van der Waals surface area contributed by atoms with E-state index in [1.54, 1.807) is 18.2 Å². The Hall–Kier alpha value is -2.44. The van der Waals surface area contributed by atoms with E-state index < -0.39 is 0 Å². The van der Waals surface area contributed by atoms with Gasteiger partial charge >= 0.3 is 0 Å². The van der Waals surface area contributed by atoms with Gasteiger partial charge in [-0.3, -0.25) is 4.79 Å². The molecule has 100 valence electrons. The molecule has 0 atom stereocenters. The Bertz CT molecular complexity index is 539. The van der Waals surface area contributed by atoms with Crippen molar-refractivity contribution in [3.63, 3.8) is 0 Å². The minimum Gasteiger partial charge on any atom is -0.491 e. The average Bonchev–Trinajstić information content (AvgIpc) is 2.88. The molecule has 0 aliphatic rings. The summed E-state index contributed by atoms with van der Waals surface area (Å²) in [5.74, 6) is 0.893. The highest BCUT2D eigenvalue weighted by molar-refractivity contribution is 5.94. The fourth-order valence-electron chi connectivity index (χ4n) is 1.50. The van der Waals surface area contributed by atoms with Gasteiger partial charge in [-0.1, -0.05) is 11.3 Å². The number of H-pyrrole nitrogens is 1. The molecule has 0 bridgehead atoms. The van der Waals surface area contributed by atoms with Crippen LogP contribution in [0.3, 0.4) is 0 Å². The molecule has 1 aromatic carbocycles. The molecule has 1 heterocycles. The number of nitrogens with one attached hydrogen (secondary N) is 2. The van der Waals surface area contributed by atoms with Crippen molar-refractivity contribution in [1.29, 1.82) is 0 Å². The van der Waals surface area contributed by atoms with Crippen LogP contribution in [0, 0.1) is 0 Å². The van der Waals surface area contributed by atoms with Crippen LogP contribution in [0.4, 0.5) is 0 Å². The first-order valence-corrected chi connectivity index (χ1v) is 5.92. The lowest BCUT2D eigenvalue weighted by atomic mass is 10.2. The van der Waals surface area contributed by atoms with Crippen molar-refractivity contribution >= 4 is 5.91 Å². The van der Waals surface area contributed by atoms with E-state index in [1.807, 2.05) is 19.9 Å². The van der Waals surface area contributed by atoms with Crippen molar-refractivity contribution in [3.8, 4) is 5.75 Å². The molecule has 0 radical (unpaired) electrons. The van der Waals surface area contributed by atoms with Gasteiger partial charge in [-0.2, -0.15) is 5.21 Å². The second-order valence-electron chi connectivity index (χ2n) is 4.21. The van der Waals surface area contributed by atoms with Gasteiger partial charge in [0, 0.05) is 5.56 Å². The van der Waals surface area contributed by atoms with Crippen molar-refractivity contribution in [2.45, 2.75) is 26.5 Å². The Morgan fingerprint density at radius 2 is 2.32 bits per heavy atom. The third-order valence-corrected chi connectivity index (χ3v) is 2.26. The van der Waals surface area contributed by atoms with Crippen LogP contribution in [0.5, 0.6) is 5.75 Å².